The summed E-state index contributed by atoms with van der Waals surface area (Å²) in [4.78, 5) is 12.6. The van der Waals surface area contributed by atoms with E-state index in [0.717, 1.165) is 16.7 Å². The van der Waals surface area contributed by atoms with Crippen LogP contribution < -0.4 is 4.52 Å². The molecule has 0 atom stereocenters. The van der Waals surface area contributed by atoms with Crippen LogP contribution in [0.15, 0.2) is 109 Å². The SMILES string of the molecule is O=C(OCc1ccccc1)c1ccc(OP(=O)(OCc2ccccc2)OCc2ccccc2)c(CO)c1. The second-order valence-corrected chi connectivity index (χ2v) is 9.69. The summed E-state index contributed by atoms with van der Waals surface area (Å²) in [6.45, 7) is -0.370. The number of ether oxygens (including phenoxy) is 1. The highest BCUT2D eigenvalue weighted by Crippen LogP contribution is 2.51. The van der Waals surface area contributed by atoms with Crippen LogP contribution in [-0.4, -0.2) is 11.1 Å². The van der Waals surface area contributed by atoms with Crippen molar-refractivity contribution in [3.8, 4) is 5.75 Å². The van der Waals surface area contributed by atoms with Gasteiger partial charge in [-0.15, -0.1) is 0 Å². The predicted octanol–water partition coefficient (Wildman–Crippen LogP) is 6.46. The lowest BCUT2D eigenvalue weighted by molar-refractivity contribution is 0.0472. The van der Waals surface area contributed by atoms with Crippen LogP contribution in [-0.2, 0) is 44.8 Å². The van der Waals surface area contributed by atoms with Gasteiger partial charge < -0.3 is 14.4 Å². The zero-order chi connectivity index (χ0) is 25.9. The number of hydrogen-bond donors (Lipinski definition) is 1. The fourth-order valence-electron chi connectivity index (χ4n) is 3.39. The fraction of sp³-hybridized carbons (Fsp3) is 0.138. The topological polar surface area (TPSA) is 91.3 Å². The maximum absolute atomic E-state index is 13.6. The zero-order valence-corrected chi connectivity index (χ0v) is 21.0. The molecule has 0 radical (unpaired) electrons. The van der Waals surface area contributed by atoms with E-state index in [1.807, 2.05) is 91.0 Å². The Bertz CT molecular complexity index is 1280. The highest BCUT2D eigenvalue weighted by molar-refractivity contribution is 7.48. The summed E-state index contributed by atoms with van der Waals surface area (Å²) in [6, 6.07) is 32.1. The lowest BCUT2D eigenvalue weighted by Crippen LogP contribution is -2.08. The lowest BCUT2D eigenvalue weighted by atomic mass is 10.1. The van der Waals surface area contributed by atoms with Crippen LogP contribution in [0.5, 0.6) is 5.75 Å². The molecule has 0 aliphatic rings. The van der Waals surface area contributed by atoms with Crippen LogP contribution in [0, 0.1) is 0 Å². The van der Waals surface area contributed by atoms with Gasteiger partial charge in [0.1, 0.15) is 12.4 Å². The van der Waals surface area contributed by atoms with Crippen molar-refractivity contribution in [2.45, 2.75) is 26.4 Å². The first-order chi connectivity index (χ1) is 18.0. The van der Waals surface area contributed by atoms with Gasteiger partial charge in [0.05, 0.1) is 25.4 Å². The zero-order valence-electron chi connectivity index (χ0n) is 20.1. The van der Waals surface area contributed by atoms with Crippen molar-refractivity contribution in [1.82, 2.24) is 0 Å². The Labute approximate surface area is 215 Å². The number of aliphatic hydroxyl groups is 1. The molecule has 0 fully saturated rings. The minimum atomic E-state index is -4.13. The number of benzene rings is 4. The normalized spacial score (nSPS) is 11.2. The van der Waals surface area contributed by atoms with Gasteiger partial charge in [0.25, 0.3) is 0 Å². The summed E-state index contributed by atoms with van der Waals surface area (Å²) in [5, 5.41) is 9.94. The molecule has 0 saturated heterocycles. The highest BCUT2D eigenvalue weighted by atomic mass is 31.2. The maximum Gasteiger partial charge on any atom is 0.530 e. The molecule has 0 unspecified atom stereocenters. The van der Waals surface area contributed by atoms with Crippen molar-refractivity contribution in [3.05, 3.63) is 137 Å². The van der Waals surface area contributed by atoms with Crippen LogP contribution in [0.2, 0.25) is 0 Å². The molecule has 190 valence electrons. The first kappa shape index (κ1) is 26.3. The molecular weight excluding hydrogens is 491 g/mol. The van der Waals surface area contributed by atoms with E-state index in [-0.39, 0.29) is 36.7 Å². The summed E-state index contributed by atoms with van der Waals surface area (Å²) in [5.74, 6) is -0.486. The van der Waals surface area contributed by atoms with Gasteiger partial charge in [0, 0.05) is 5.56 Å². The van der Waals surface area contributed by atoms with Gasteiger partial charge in [-0.05, 0) is 34.9 Å². The Morgan fingerprint density at radius 3 is 1.65 bits per heavy atom. The average Bonchev–Trinajstić information content (AvgIpc) is 2.96. The van der Waals surface area contributed by atoms with Gasteiger partial charge in [-0.2, -0.15) is 0 Å². The monoisotopic (exact) mass is 518 g/mol. The van der Waals surface area contributed by atoms with Gasteiger partial charge in [0.15, 0.2) is 0 Å². The minimum Gasteiger partial charge on any atom is -0.457 e. The van der Waals surface area contributed by atoms with E-state index in [4.69, 9.17) is 18.3 Å². The van der Waals surface area contributed by atoms with Crippen molar-refractivity contribution in [3.63, 3.8) is 0 Å². The maximum atomic E-state index is 13.6. The third-order valence-electron chi connectivity index (χ3n) is 5.35. The van der Waals surface area contributed by atoms with Gasteiger partial charge in [-0.1, -0.05) is 91.0 Å². The summed E-state index contributed by atoms with van der Waals surface area (Å²) >= 11 is 0. The Hall–Kier alpha value is -3.74. The highest BCUT2D eigenvalue weighted by Gasteiger charge is 2.30. The summed E-state index contributed by atoms with van der Waals surface area (Å²) in [6.07, 6.45) is 0. The average molecular weight is 519 g/mol. The van der Waals surface area contributed by atoms with Crippen molar-refractivity contribution in [1.29, 1.82) is 0 Å². The van der Waals surface area contributed by atoms with Gasteiger partial charge >= 0.3 is 13.8 Å². The van der Waals surface area contributed by atoms with E-state index in [1.54, 1.807) is 0 Å². The standard InChI is InChI=1S/C29H27O7P/c30-19-27-18-26(29(31)33-20-23-10-4-1-5-11-23)16-17-28(27)36-37(32,34-21-24-12-6-2-7-13-24)35-22-25-14-8-3-9-15-25/h1-18,30H,19-22H2. The van der Waals surface area contributed by atoms with Crippen LogP contribution in [0.25, 0.3) is 0 Å². The number of hydrogen-bond acceptors (Lipinski definition) is 7. The number of carbonyl (C=O) groups excluding carboxylic acids is 1. The predicted molar refractivity (Wildman–Crippen MR) is 139 cm³/mol. The van der Waals surface area contributed by atoms with Gasteiger partial charge in [-0.25, -0.2) is 9.36 Å². The van der Waals surface area contributed by atoms with Crippen LogP contribution in [0.4, 0.5) is 0 Å². The fourth-order valence-corrected chi connectivity index (χ4v) is 4.60. The van der Waals surface area contributed by atoms with Crippen molar-refractivity contribution in [2.24, 2.45) is 0 Å². The largest absolute Gasteiger partial charge is 0.530 e. The molecule has 4 aromatic carbocycles. The van der Waals surface area contributed by atoms with Crippen LogP contribution in [0.1, 0.15) is 32.6 Å². The number of rotatable bonds is 12. The van der Waals surface area contributed by atoms with E-state index in [9.17, 15) is 14.5 Å². The first-order valence-corrected chi connectivity index (χ1v) is 13.1. The van der Waals surface area contributed by atoms with E-state index >= 15 is 0 Å². The lowest BCUT2D eigenvalue weighted by Gasteiger charge is -2.20. The number of phosphoric ester groups is 1. The number of phosphoric acid groups is 1. The van der Waals surface area contributed by atoms with Crippen molar-refractivity contribution in [2.75, 3.05) is 0 Å². The molecule has 7 nitrogen and oxygen atoms in total. The summed E-state index contributed by atoms with van der Waals surface area (Å²) < 4.78 is 36.0. The summed E-state index contributed by atoms with van der Waals surface area (Å²) in [7, 11) is -4.13. The Kier molecular flexibility index (Phi) is 9.24. The molecule has 37 heavy (non-hydrogen) atoms. The third-order valence-corrected chi connectivity index (χ3v) is 6.66. The van der Waals surface area contributed by atoms with Crippen molar-refractivity contribution < 1.29 is 32.8 Å². The molecule has 0 aliphatic carbocycles. The smallest absolute Gasteiger partial charge is 0.457 e. The van der Waals surface area contributed by atoms with Gasteiger partial charge in [-0.3, -0.25) is 9.05 Å². The van der Waals surface area contributed by atoms with E-state index < -0.39 is 20.4 Å². The minimum absolute atomic E-state index is 0.00867. The Balaban J connectivity index is 1.49. The Morgan fingerprint density at radius 2 is 1.16 bits per heavy atom. The van der Waals surface area contributed by atoms with E-state index in [0.29, 0.717) is 0 Å². The Morgan fingerprint density at radius 1 is 0.676 bits per heavy atom. The van der Waals surface area contributed by atoms with E-state index in [1.165, 1.54) is 18.2 Å². The quantitative estimate of drug-likeness (QED) is 0.170. The molecule has 8 heteroatoms. The molecular formula is C29H27O7P. The molecule has 0 spiro atoms. The molecule has 0 heterocycles. The van der Waals surface area contributed by atoms with Gasteiger partial charge in [0.2, 0.25) is 0 Å². The first-order valence-electron chi connectivity index (χ1n) is 11.7. The molecule has 0 amide bonds. The molecule has 0 aliphatic heterocycles. The number of carbonyl (C=O) groups is 1. The third kappa shape index (κ3) is 7.87. The molecule has 4 rings (SSSR count). The number of esters is 1. The molecule has 0 aromatic heterocycles. The van der Waals surface area contributed by atoms with Crippen LogP contribution in [0.3, 0.4) is 0 Å². The summed E-state index contributed by atoms with van der Waals surface area (Å²) in [5.41, 5.74) is 2.88. The van der Waals surface area contributed by atoms with E-state index in [2.05, 4.69) is 0 Å². The molecule has 1 N–H and O–H groups in total. The van der Waals surface area contributed by atoms with Crippen molar-refractivity contribution >= 4 is 13.8 Å². The molecule has 4 aromatic rings. The van der Waals surface area contributed by atoms with Crippen LogP contribution >= 0.6 is 7.82 Å². The number of aliphatic hydroxyl groups excluding tert-OH is 1. The second-order valence-electron chi connectivity index (χ2n) is 8.10. The molecule has 0 saturated carbocycles. The molecule has 0 bridgehead atoms. The second kappa shape index (κ2) is 13.0.